The Kier molecular flexibility index (Phi) is 5.34. The lowest BCUT2D eigenvalue weighted by Gasteiger charge is -2.14. The van der Waals surface area contributed by atoms with Gasteiger partial charge in [-0.1, -0.05) is 25.5 Å². The zero-order valence-electron chi connectivity index (χ0n) is 10.4. The molecule has 5 heteroatoms. The molecule has 0 aliphatic heterocycles. The summed E-state index contributed by atoms with van der Waals surface area (Å²) in [6.07, 6.45) is 1.12. The van der Waals surface area contributed by atoms with E-state index >= 15 is 0 Å². The number of hydrogen-bond acceptors (Lipinski definition) is 2. The number of aliphatic carboxylic acids is 1. The zero-order valence-corrected chi connectivity index (χ0v) is 12.0. The number of benzene rings is 1. The van der Waals surface area contributed by atoms with Crippen molar-refractivity contribution in [2.45, 2.75) is 32.7 Å². The number of hydrogen-bond donors (Lipinski definition) is 2. The van der Waals surface area contributed by atoms with Crippen molar-refractivity contribution in [1.82, 2.24) is 5.32 Å². The van der Waals surface area contributed by atoms with Crippen LogP contribution in [-0.2, 0) is 4.79 Å². The van der Waals surface area contributed by atoms with Gasteiger partial charge in [-0.3, -0.25) is 4.79 Å². The second-order valence-corrected chi connectivity index (χ2v) is 4.88. The Balaban J connectivity index is 2.87. The highest BCUT2D eigenvalue weighted by molar-refractivity contribution is 9.10. The first-order valence-electron chi connectivity index (χ1n) is 5.76. The van der Waals surface area contributed by atoms with Crippen LogP contribution in [0.5, 0.6) is 0 Å². The van der Waals surface area contributed by atoms with Gasteiger partial charge in [0.25, 0.3) is 5.91 Å². The molecule has 0 saturated heterocycles. The number of amides is 1. The van der Waals surface area contributed by atoms with Gasteiger partial charge in [-0.15, -0.1) is 0 Å². The fraction of sp³-hybridized carbons (Fsp3) is 0.385. The van der Waals surface area contributed by atoms with Crippen LogP contribution in [0.2, 0.25) is 0 Å². The van der Waals surface area contributed by atoms with E-state index in [1.54, 1.807) is 12.1 Å². The second-order valence-electron chi connectivity index (χ2n) is 4.09. The number of aryl methyl sites for hydroxylation is 1. The lowest BCUT2D eigenvalue weighted by Crippen LogP contribution is -2.40. The fourth-order valence-electron chi connectivity index (χ4n) is 1.60. The minimum Gasteiger partial charge on any atom is -0.480 e. The normalized spacial score (nSPS) is 11.9. The number of nitrogens with one attached hydrogen (secondary N) is 1. The van der Waals surface area contributed by atoms with Gasteiger partial charge in [-0.05, 0) is 40.9 Å². The largest absolute Gasteiger partial charge is 0.480 e. The number of carboxylic acids is 1. The minimum atomic E-state index is -1.01. The lowest BCUT2D eigenvalue weighted by molar-refractivity contribution is -0.139. The smallest absolute Gasteiger partial charge is 0.326 e. The molecular formula is C13H16BrNO3. The SMILES string of the molecule is CCC[C@@H](NC(=O)c1cccc(C)c1Br)C(=O)O. The molecule has 0 fully saturated rings. The maximum Gasteiger partial charge on any atom is 0.326 e. The van der Waals surface area contributed by atoms with Gasteiger partial charge in [-0.25, -0.2) is 4.79 Å². The molecule has 18 heavy (non-hydrogen) atoms. The third-order valence-electron chi connectivity index (χ3n) is 2.62. The molecule has 98 valence electrons. The van der Waals surface area contributed by atoms with E-state index in [2.05, 4.69) is 21.2 Å². The molecule has 1 rings (SSSR count). The van der Waals surface area contributed by atoms with E-state index < -0.39 is 12.0 Å². The van der Waals surface area contributed by atoms with Crippen molar-refractivity contribution in [1.29, 1.82) is 0 Å². The molecule has 1 atom stereocenters. The molecule has 0 heterocycles. The van der Waals surface area contributed by atoms with Gasteiger partial charge in [0.05, 0.1) is 5.56 Å². The summed E-state index contributed by atoms with van der Waals surface area (Å²) in [5.41, 5.74) is 1.39. The predicted molar refractivity (Wildman–Crippen MR) is 72.7 cm³/mol. The Labute approximate surface area is 115 Å². The predicted octanol–water partition coefficient (Wildman–Crippen LogP) is 2.74. The average molecular weight is 314 g/mol. The Morgan fingerprint density at radius 3 is 2.67 bits per heavy atom. The van der Waals surface area contributed by atoms with Crippen LogP contribution in [0.15, 0.2) is 22.7 Å². The monoisotopic (exact) mass is 313 g/mol. The molecule has 0 unspecified atom stereocenters. The van der Waals surface area contributed by atoms with Crippen LogP contribution in [0.4, 0.5) is 0 Å². The molecule has 0 bridgehead atoms. The van der Waals surface area contributed by atoms with Gasteiger partial charge in [0.1, 0.15) is 6.04 Å². The van der Waals surface area contributed by atoms with E-state index in [-0.39, 0.29) is 5.91 Å². The first kappa shape index (κ1) is 14.7. The summed E-state index contributed by atoms with van der Waals surface area (Å²) in [5.74, 6) is -1.37. The summed E-state index contributed by atoms with van der Waals surface area (Å²) in [5, 5.41) is 11.5. The van der Waals surface area contributed by atoms with Crippen molar-refractivity contribution in [2.75, 3.05) is 0 Å². The molecule has 1 aromatic rings. The maximum absolute atomic E-state index is 12.0. The highest BCUT2D eigenvalue weighted by Gasteiger charge is 2.20. The third-order valence-corrected chi connectivity index (χ3v) is 3.67. The zero-order chi connectivity index (χ0) is 13.7. The number of halogens is 1. The highest BCUT2D eigenvalue weighted by atomic mass is 79.9. The van der Waals surface area contributed by atoms with Gasteiger partial charge in [0, 0.05) is 4.47 Å². The van der Waals surface area contributed by atoms with Gasteiger partial charge in [0.15, 0.2) is 0 Å². The molecule has 2 N–H and O–H groups in total. The summed E-state index contributed by atoms with van der Waals surface area (Å²) in [4.78, 5) is 23.0. The standard InChI is InChI=1S/C13H16BrNO3/c1-3-5-10(13(17)18)15-12(16)9-7-4-6-8(2)11(9)14/h4,6-7,10H,3,5H2,1-2H3,(H,15,16)(H,17,18)/t10-/m1/s1. The van der Waals surface area contributed by atoms with Crippen LogP contribution in [-0.4, -0.2) is 23.0 Å². The molecule has 4 nitrogen and oxygen atoms in total. The van der Waals surface area contributed by atoms with Crippen LogP contribution in [0.25, 0.3) is 0 Å². The van der Waals surface area contributed by atoms with E-state index in [9.17, 15) is 9.59 Å². The van der Waals surface area contributed by atoms with E-state index in [1.807, 2.05) is 19.9 Å². The summed E-state index contributed by atoms with van der Waals surface area (Å²) in [7, 11) is 0. The molecular weight excluding hydrogens is 298 g/mol. The van der Waals surface area contributed by atoms with E-state index in [1.165, 1.54) is 0 Å². The van der Waals surface area contributed by atoms with Crippen LogP contribution < -0.4 is 5.32 Å². The molecule has 1 aromatic carbocycles. The van der Waals surface area contributed by atoms with Gasteiger partial charge < -0.3 is 10.4 Å². The topological polar surface area (TPSA) is 66.4 Å². The first-order valence-corrected chi connectivity index (χ1v) is 6.55. The van der Waals surface area contributed by atoms with Crippen LogP contribution in [0.1, 0.15) is 35.7 Å². The Morgan fingerprint density at radius 2 is 2.11 bits per heavy atom. The maximum atomic E-state index is 12.0. The quantitative estimate of drug-likeness (QED) is 0.878. The summed E-state index contributed by atoms with van der Waals surface area (Å²) >= 11 is 3.34. The number of rotatable bonds is 5. The number of carbonyl (C=O) groups is 2. The van der Waals surface area contributed by atoms with Crippen molar-refractivity contribution >= 4 is 27.8 Å². The summed E-state index contributed by atoms with van der Waals surface area (Å²) in [6.45, 7) is 3.76. The Bertz CT molecular complexity index is 460. The Morgan fingerprint density at radius 1 is 1.44 bits per heavy atom. The molecule has 0 aromatic heterocycles. The van der Waals surface area contributed by atoms with E-state index in [0.29, 0.717) is 22.9 Å². The van der Waals surface area contributed by atoms with Gasteiger partial charge in [0.2, 0.25) is 0 Å². The average Bonchev–Trinajstić information content (AvgIpc) is 2.31. The molecule has 0 aliphatic rings. The molecule has 0 aliphatic carbocycles. The van der Waals surface area contributed by atoms with Crippen molar-refractivity contribution in [3.05, 3.63) is 33.8 Å². The first-order chi connectivity index (χ1) is 8.47. The van der Waals surface area contributed by atoms with Gasteiger partial charge in [-0.2, -0.15) is 0 Å². The van der Waals surface area contributed by atoms with Crippen LogP contribution in [0, 0.1) is 6.92 Å². The van der Waals surface area contributed by atoms with Gasteiger partial charge >= 0.3 is 5.97 Å². The van der Waals surface area contributed by atoms with E-state index in [0.717, 1.165) is 5.56 Å². The number of carboxylic acid groups (broad SMARTS) is 1. The lowest BCUT2D eigenvalue weighted by atomic mass is 10.1. The van der Waals surface area contributed by atoms with Crippen molar-refractivity contribution in [3.8, 4) is 0 Å². The molecule has 0 radical (unpaired) electrons. The molecule has 0 saturated carbocycles. The Hall–Kier alpha value is -1.36. The van der Waals surface area contributed by atoms with Crippen molar-refractivity contribution < 1.29 is 14.7 Å². The van der Waals surface area contributed by atoms with Crippen LogP contribution >= 0.6 is 15.9 Å². The minimum absolute atomic E-state index is 0.369. The van der Waals surface area contributed by atoms with E-state index in [4.69, 9.17) is 5.11 Å². The molecule has 1 amide bonds. The van der Waals surface area contributed by atoms with Crippen molar-refractivity contribution in [3.63, 3.8) is 0 Å². The molecule has 0 spiro atoms. The second kappa shape index (κ2) is 6.54. The van der Waals surface area contributed by atoms with Crippen molar-refractivity contribution in [2.24, 2.45) is 0 Å². The number of carbonyl (C=O) groups excluding carboxylic acids is 1. The summed E-state index contributed by atoms with van der Waals surface area (Å²) in [6, 6.07) is 4.47. The summed E-state index contributed by atoms with van der Waals surface area (Å²) < 4.78 is 0.697. The van der Waals surface area contributed by atoms with Crippen LogP contribution in [0.3, 0.4) is 0 Å². The third kappa shape index (κ3) is 3.57. The fourth-order valence-corrected chi connectivity index (χ4v) is 2.05. The highest BCUT2D eigenvalue weighted by Crippen LogP contribution is 2.21.